The molecule has 0 saturated heterocycles. The van der Waals surface area contributed by atoms with Gasteiger partial charge < -0.3 is 4.74 Å². The van der Waals surface area contributed by atoms with Gasteiger partial charge in [0.25, 0.3) is 5.91 Å². The number of nitrogens with zero attached hydrogens (tertiary/aromatic N) is 2. The van der Waals surface area contributed by atoms with E-state index in [0.29, 0.717) is 5.02 Å². The summed E-state index contributed by atoms with van der Waals surface area (Å²) >= 11 is 12.1. The summed E-state index contributed by atoms with van der Waals surface area (Å²) in [7, 11) is 1.44. The SMILES string of the molecule is COc1c(Cl)ccc(Cl)c1C(=O)n1nc(C)cc1C. The number of aryl methyl sites for hydroxylation is 2. The zero-order valence-corrected chi connectivity index (χ0v) is 12.2. The molecule has 0 saturated carbocycles. The molecule has 2 rings (SSSR count). The van der Waals surface area contributed by atoms with Gasteiger partial charge in [0.15, 0.2) is 5.75 Å². The minimum atomic E-state index is -0.366. The van der Waals surface area contributed by atoms with Crippen LogP contribution in [0.5, 0.6) is 5.75 Å². The Labute approximate surface area is 120 Å². The van der Waals surface area contributed by atoms with Gasteiger partial charge in [0.05, 0.1) is 22.8 Å². The predicted octanol–water partition coefficient (Wildman–Crippen LogP) is 3.50. The monoisotopic (exact) mass is 298 g/mol. The Morgan fingerprint density at radius 1 is 1.26 bits per heavy atom. The first-order valence-corrected chi connectivity index (χ1v) is 6.31. The zero-order valence-electron chi connectivity index (χ0n) is 10.7. The molecule has 0 aliphatic heterocycles. The molecule has 0 fully saturated rings. The van der Waals surface area contributed by atoms with Crippen LogP contribution in [0.15, 0.2) is 18.2 Å². The van der Waals surface area contributed by atoms with Gasteiger partial charge in [-0.05, 0) is 32.0 Å². The summed E-state index contributed by atoms with van der Waals surface area (Å²) in [5, 5.41) is 4.75. The summed E-state index contributed by atoms with van der Waals surface area (Å²) in [5.41, 5.74) is 1.69. The smallest absolute Gasteiger partial charge is 0.283 e. The number of ether oxygens (including phenoxy) is 1. The van der Waals surface area contributed by atoms with Gasteiger partial charge in [0, 0.05) is 5.69 Å². The molecule has 0 aliphatic rings. The van der Waals surface area contributed by atoms with Crippen LogP contribution in [-0.4, -0.2) is 22.8 Å². The summed E-state index contributed by atoms with van der Waals surface area (Å²) in [6, 6.07) is 4.95. The number of carbonyl (C=O) groups excluding carboxylic acids is 1. The lowest BCUT2D eigenvalue weighted by Gasteiger charge is -2.11. The number of hydrogen-bond acceptors (Lipinski definition) is 3. The van der Waals surface area contributed by atoms with Gasteiger partial charge in [-0.15, -0.1) is 0 Å². The van der Waals surface area contributed by atoms with E-state index in [1.165, 1.54) is 11.8 Å². The van der Waals surface area contributed by atoms with E-state index in [1.54, 1.807) is 19.1 Å². The molecule has 0 bridgehead atoms. The highest BCUT2D eigenvalue weighted by Crippen LogP contribution is 2.34. The molecular formula is C13H12Cl2N2O2. The summed E-state index contributed by atoms with van der Waals surface area (Å²) in [5.74, 6) is -0.110. The van der Waals surface area contributed by atoms with Crippen molar-refractivity contribution in [3.8, 4) is 5.75 Å². The summed E-state index contributed by atoms with van der Waals surface area (Å²) < 4.78 is 6.46. The molecule has 0 atom stereocenters. The topological polar surface area (TPSA) is 44.1 Å². The normalized spacial score (nSPS) is 10.6. The van der Waals surface area contributed by atoms with Crippen molar-refractivity contribution >= 4 is 29.1 Å². The van der Waals surface area contributed by atoms with Crippen molar-refractivity contribution in [3.63, 3.8) is 0 Å². The Hall–Kier alpha value is -1.52. The van der Waals surface area contributed by atoms with Crippen molar-refractivity contribution < 1.29 is 9.53 Å². The third-order valence-corrected chi connectivity index (χ3v) is 3.29. The Balaban J connectivity index is 2.62. The molecule has 1 heterocycles. The Morgan fingerprint density at radius 2 is 1.89 bits per heavy atom. The lowest BCUT2D eigenvalue weighted by molar-refractivity contribution is 0.0939. The van der Waals surface area contributed by atoms with E-state index in [4.69, 9.17) is 27.9 Å². The van der Waals surface area contributed by atoms with E-state index in [0.717, 1.165) is 11.4 Å². The van der Waals surface area contributed by atoms with E-state index in [9.17, 15) is 4.79 Å². The van der Waals surface area contributed by atoms with Crippen molar-refractivity contribution in [3.05, 3.63) is 45.2 Å². The Bertz CT molecular complexity index is 650. The molecule has 0 N–H and O–H groups in total. The fourth-order valence-corrected chi connectivity index (χ4v) is 2.34. The quantitative estimate of drug-likeness (QED) is 0.852. The van der Waals surface area contributed by atoms with Gasteiger partial charge in [-0.1, -0.05) is 23.2 Å². The van der Waals surface area contributed by atoms with Crippen LogP contribution in [-0.2, 0) is 0 Å². The third-order valence-electron chi connectivity index (χ3n) is 2.68. The van der Waals surface area contributed by atoms with E-state index in [1.807, 2.05) is 13.0 Å². The molecule has 2 aromatic rings. The molecule has 4 nitrogen and oxygen atoms in total. The van der Waals surface area contributed by atoms with Crippen LogP contribution < -0.4 is 4.74 Å². The number of benzene rings is 1. The van der Waals surface area contributed by atoms with E-state index >= 15 is 0 Å². The molecule has 1 aromatic carbocycles. The van der Waals surface area contributed by atoms with Crippen molar-refractivity contribution in [1.82, 2.24) is 9.78 Å². The number of rotatable bonds is 2. The van der Waals surface area contributed by atoms with E-state index in [-0.39, 0.29) is 22.2 Å². The number of aromatic nitrogens is 2. The van der Waals surface area contributed by atoms with Gasteiger partial charge in [-0.3, -0.25) is 4.79 Å². The van der Waals surface area contributed by atoms with Crippen LogP contribution in [0, 0.1) is 13.8 Å². The van der Waals surface area contributed by atoms with Crippen molar-refractivity contribution in [2.24, 2.45) is 0 Å². The van der Waals surface area contributed by atoms with Gasteiger partial charge in [0.1, 0.15) is 5.56 Å². The molecule has 100 valence electrons. The van der Waals surface area contributed by atoms with Crippen LogP contribution in [0.1, 0.15) is 21.7 Å². The highest BCUT2D eigenvalue weighted by atomic mass is 35.5. The molecule has 0 spiro atoms. The maximum atomic E-state index is 12.5. The minimum absolute atomic E-state index is 0.211. The van der Waals surface area contributed by atoms with E-state index in [2.05, 4.69) is 5.10 Å². The van der Waals surface area contributed by atoms with Crippen LogP contribution in [0.2, 0.25) is 10.0 Å². The second kappa shape index (κ2) is 5.23. The van der Waals surface area contributed by atoms with Gasteiger partial charge in [-0.25, -0.2) is 4.68 Å². The van der Waals surface area contributed by atoms with Crippen LogP contribution >= 0.6 is 23.2 Å². The zero-order chi connectivity index (χ0) is 14.2. The highest BCUT2D eigenvalue weighted by molar-refractivity contribution is 6.37. The van der Waals surface area contributed by atoms with Crippen molar-refractivity contribution in [2.75, 3.05) is 7.11 Å². The molecule has 6 heteroatoms. The molecular weight excluding hydrogens is 287 g/mol. The average Bonchev–Trinajstić information content (AvgIpc) is 2.70. The van der Waals surface area contributed by atoms with Crippen LogP contribution in [0.25, 0.3) is 0 Å². The first-order chi connectivity index (χ1) is 8.95. The van der Waals surface area contributed by atoms with Gasteiger partial charge in [-0.2, -0.15) is 5.10 Å². The van der Waals surface area contributed by atoms with Crippen LogP contribution in [0.3, 0.4) is 0 Å². The van der Waals surface area contributed by atoms with Gasteiger partial charge in [0.2, 0.25) is 0 Å². The Kier molecular flexibility index (Phi) is 3.83. The lowest BCUT2D eigenvalue weighted by Crippen LogP contribution is -2.17. The number of hydrogen-bond donors (Lipinski definition) is 0. The second-order valence-corrected chi connectivity index (χ2v) is 4.90. The third kappa shape index (κ3) is 2.46. The summed E-state index contributed by atoms with van der Waals surface area (Å²) in [4.78, 5) is 12.5. The number of halogens is 2. The number of methoxy groups -OCH3 is 1. The average molecular weight is 299 g/mol. The lowest BCUT2D eigenvalue weighted by atomic mass is 10.2. The maximum Gasteiger partial charge on any atom is 0.283 e. The summed E-state index contributed by atoms with van der Waals surface area (Å²) in [6.07, 6.45) is 0. The predicted molar refractivity (Wildman–Crippen MR) is 74.4 cm³/mol. The molecule has 19 heavy (non-hydrogen) atoms. The largest absolute Gasteiger partial charge is 0.494 e. The highest BCUT2D eigenvalue weighted by Gasteiger charge is 2.22. The maximum absolute atomic E-state index is 12.5. The molecule has 0 radical (unpaired) electrons. The van der Waals surface area contributed by atoms with Crippen molar-refractivity contribution in [1.29, 1.82) is 0 Å². The van der Waals surface area contributed by atoms with E-state index < -0.39 is 0 Å². The first-order valence-electron chi connectivity index (χ1n) is 5.55. The Morgan fingerprint density at radius 3 is 2.42 bits per heavy atom. The first kappa shape index (κ1) is 13.9. The molecule has 1 aromatic heterocycles. The van der Waals surface area contributed by atoms with Crippen molar-refractivity contribution in [2.45, 2.75) is 13.8 Å². The van der Waals surface area contributed by atoms with Crippen LogP contribution in [0.4, 0.5) is 0 Å². The molecule has 0 aliphatic carbocycles. The fourth-order valence-electron chi connectivity index (χ4n) is 1.87. The summed E-state index contributed by atoms with van der Waals surface area (Å²) in [6.45, 7) is 3.61. The fraction of sp³-hybridized carbons (Fsp3) is 0.231. The molecule has 0 amide bonds. The van der Waals surface area contributed by atoms with Gasteiger partial charge >= 0.3 is 0 Å². The standard InChI is InChI=1S/C13H12Cl2N2O2/c1-7-6-8(2)17(16-7)13(18)11-9(14)4-5-10(15)12(11)19-3/h4-6H,1-3H3. The number of carbonyl (C=O) groups is 1. The minimum Gasteiger partial charge on any atom is -0.494 e. The second-order valence-electron chi connectivity index (χ2n) is 4.08. The molecule has 0 unspecified atom stereocenters.